The maximum atomic E-state index is 13.8. The molecular formula is C22H15F3N4O4. The lowest BCUT2D eigenvalue weighted by Gasteiger charge is -2.08. The second kappa shape index (κ2) is 7.48. The Morgan fingerprint density at radius 3 is 2.55 bits per heavy atom. The number of para-hydroxylation sites is 1. The molecule has 0 radical (unpaired) electrons. The molecule has 33 heavy (non-hydrogen) atoms. The van der Waals surface area contributed by atoms with Gasteiger partial charge in [0.05, 0.1) is 25.0 Å². The highest BCUT2D eigenvalue weighted by molar-refractivity contribution is 5.84. The van der Waals surface area contributed by atoms with Crippen LogP contribution in [0.5, 0.6) is 5.75 Å². The number of aromatic nitrogens is 4. The van der Waals surface area contributed by atoms with Gasteiger partial charge in [0.25, 0.3) is 5.56 Å². The fourth-order valence-corrected chi connectivity index (χ4v) is 3.73. The van der Waals surface area contributed by atoms with Gasteiger partial charge in [-0.05, 0) is 17.7 Å². The van der Waals surface area contributed by atoms with Gasteiger partial charge in [0, 0.05) is 0 Å². The van der Waals surface area contributed by atoms with Crippen LogP contribution in [0.1, 0.15) is 11.4 Å². The Morgan fingerprint density at radius 1 is 1.12 bits per heavy atom. The van der Waals surface area contributed by atoms with Gasteiger partial charge in [-0.1, -0.05) is 36.4 Å². The molecule has 2 aromatic carbocycles. The van der Waals surface area contributed by atoms with E-state index in [4.69, 9.17) is 9.15 Å². The van der Waals surface area contributed by atoms with Crippen molar-refractivity contribution in [1.82, 2.24) is 19.6 Å². The maximum Gasteiger partial charge on any atom is 0.435 e. The summed E-state index contributed by atoms with van der Waals surface area (Å²) in [5.41, 5.74) is -2.15. The van der Waals surface area contributed by atoms with Crippen LogP contribution in [0, 0.1) is 0 Å². The predicted molar refractivity (Wildman–Crippen MR) is 112 cm³/mol. The summed E-state index contributed by atoms with van der Waals surface area (Å²) in [7, 11) is 1.44. The minimum absolute atomic E-state index is 0.0659. The molecule has 0 bridgehead atoms. The summed E-state index contributed by atoms with van der Waals surface area (Å²) in [5, 5.41) is 13.5. The number of methoxy groups -OCH3 is 1. The number of aliphatic hydroxyl groups is 1. The summed E-state index contributed by atoms with van der Waals surface area (Å²) in [6.07, 6.45) is -4.83. The molecule has 0 unspecified atom stereocenters. The molecule has 0 fully saturated rings. The summed E-state index contributed by atoms with van der Waals surface area (Å²) < 4.78 is 53.1. The van der Waals surface area contributed by atoms with Crippen molar-refractivity contribution >= 4 is 16.7 Å². The molecule has 3 heterocycles. The Labute approximate surface area is 182 Å². The molecule has 0 saturated heterocycles. The standard InChI is InChI=1S/C22H15F3N4O4/c1-32-13-8-5-9-14-17(13)27-20(33-14)16-12(10-30)26-19-15(11-6-3-2-4-7-11)18(22(23,24)25)28-29(19)21(16)31/h2-9,26,30H,10H2,1H3. The van der Waals surface area contributed by atoms with E-state index in [0.29, 0.717) is 21.4 Å². The number of aromatic amines is 1. The Balaban J connectivity index is 1.85. The van der Waals surface area contributed by atoms with E-state index in [1.165, 1.54) is 19.2 Å². The molecule has 8 nitrogen and oxygen atoms in total. The average Bonchev–Trinajstić information content (AvgIpc) is 3.41. The first-order valence-electron chi connectivity index (χ1n) is 9.68. The molecule has 5 aromatic rings. The van der Waals surface area contributed by atoms with Crippen molar-refractivity contribution in [3.63, 3.8) is 0 Å². The van der Waals surface area contributed by atoms with Crippen molar-refractivity contribution in [1.29, 1.82) is 0 Å². The summed E-state index contributed by atoms with van der Waals surface area (Å²) in [5.74, 6) is 0.197. The van der Waals surface area contributed by atoms with Gasteiger partial charge < -0.3 is 19.2 Å². The van der Waals surface area contributed by atoms with Gasteiger partial charge >= 0.3 is 6.18 Å². The van der Waals surface area contributed by atoms with Crippen LogP contribution < -0.4 is 10.3 Å². The zero-order valence-corrected chi connectivity index (χ0v) is 17.0. The molecule has 0 atom stereocenters. The highest BCUT2D eigenvalue weighted by atomic mass is 19.4. The smallest absolute Gasteiger partial charge is 0.435 e. The molecule has 11 heteroatoms. The van der Waals surface area contributed by atoms with Gasteiger partial charge in [-0.25, -0.2) is 4.98 Å². The van der Waals surface area contributed by atoms with E-state index >= 15 is 0 Å². The number of oxazole rings is 1. The average molecular weight is 456 g/mol. The number of nitrogens with zero attached hydrogens (tertiary/aromatic N) is 3. The quantitative estimate of drug-likeness (QED) is 0.423. The Hall–Kier alpha value is -4.12. The van der Waals surface area contributed by atoms with E-state index in [1.807, 2.05) is 0 Å². The minimum Gasteiger partial charge on any atom is -0.494 e. The number of nitrogens with one attached hydrogen (secondary N) is 1. The molecule has 0 aliphatic carbocycles. The second-order valence-corrected chi connectivity index (χ2v) is 7.12. The van der Waals surface area contributed by atoms with E-state index in [2.05, 4.69) is 15.1 Å². The van der Waals surface area contributed by atoms with Crippen LogP contribution in [-0.2, 0) is 12.8 Å². The lowest BCUT2D eigenvalue weighted by Crippen LogP contribution is -2.21. The van der Waals surface area contributed by atoms with E-state index < -0.39 is 24.0 Å². The number of benzene rings is 2. The van der Waals surface area contributed by atoms with Crippen LogP contribution >= 0.6 is 0 Å². The van der Waals surface area contributed by atoms with Gasteiger partial charge in [-0.2, -0.15) is 22.8 Å². The van der Waals surface area contributed by atoms with Gasteiger partial charge in [-0.3, -0.25) is 4.79 Å². The molecule has 0 aliphatic heterocycles. The van der Waals surface area contributed by atoms with Crippen molar-refractivity contribution in [2.24, 2.45) is 0 Å². The van der Waals surface area contributed by atoms with Crippen LogP contribution in [-0.4, -0.2) is 31.8 Å². The van der Waals surface area contributed by atoms with Gasteiger partial charge in [0.15, 0.2) is 16.8 Å². The van der Waals surface area contributed by atoms with Crippen LogP contribution in [0.2, 0.25) is 0 Å². The van der Waals surface area contributed by atoms with E-state index in [-0.39, 0.29) is 33.9 Å². The van der Waals surface area contributed by atoms with Crippen molar-refractivity contribution in [2.45, 2.75) is 12.8 Å². The summed E-state index contributed by atoms with van der Waals surface area (Å²) in [4.78, 5) is 20.4. The summed E-state index contributed by atoms with van der Waals surface area (Å²) >= 11 is 0. The predicted octanol–water partition coefficient (Wildman–Crippen LogP) is 4.02. The van der Waals surface area contributed by atoms with Crippen LogP contribution in [0.4, 0.5) is 13.2 Å². The fourth-order valence-electron chi connectivity index (χ4n) is 3.73. The lowest BCUT2D eigenvalue weighted by atomic mass is 10.1. The Kier molecular flexibility index (Phi) is 4.71. The van der Waals surface area contributed by atoms with Gasteiger partial charge in [0.1, 0.15) is 17.0 Å². The molecule has 0 saturated carbocycles. The van der Waals surface area contributed by atoms with Crippen LogP contribution in [0.15, 0.2) is 57.7 Å². The molecule has 2 N–H and O–H groups in total. The molecule has 0 amide bonds. The number of H-pyrrole nitrogens is 1. The first-order valence-corrected chi connectivity index (χ1v) is 9.68. The van der Waals surface area contributed by atoms with E-state index in [1.54, 1.807) is 36.4 Å². The third kappa shape index (κ3) is 3.24. The zero-order chi connectivity index (χ0) is 23.3. The summed E-state index contributed by atoms with van der Waals surface area (Å²) in [6, 6.07) is 12.7. The number of aliphatic hydroxyl groups excluding tert-OH is 1. The second-order valence-electron chi connectivity index (χ2n) is 7.12. The number of hydrogen-bond acceptors (Lipinski definition) is 6. The van der Waals surface area contributed by atoms with Crippen LogP contribution in [0.3, 0.4) is 0 Å². The van der Waals surface area contributed by atoms with Crippen molar-refractivity contribution in [3.05, 3.63) is 70.3 Å². The number of ether oxygens (including phenoxy) is 1. The third-order valence-electron chi connectivity index (χ3n) is 5.17. The van der Waals surface area contributed by atoms with Crippen molar-refractivity contribution in [3.8, 4) is 28.3 Å². The highest BCUT2D eigenvalue weighted by Gasteiger charge is 2.39. The minimum atomic E-state index is -4.83. The number of alkyl halides is 3. The molecule has 168 valence electrons. The zero-order valence-electron chi connectivity index (χ0n) is 17.0. The molecule has 0 spiro atoms. The number of rotatable bonds is 4. The molecule has 0 aliphatic rings. The molecular weight excluding hydrogens is 441 g/mol. The topological polar surface area (TPSA) is 106 Å². The lowest BCUT2D eigenvalue weighted by molar-refractivity contribution is -0.140. The van der Waals surface area contributed by atoms with Crippen molar-refractivity contribution in [2.75, 3.05) is 7.11 Å². The summed E-state index contributed by atoms with van der Waals surface area (Å²) in [6.45, 7) is -0.683. The van der Waals surface area contributed by atoms with Crippen molar-refractivity contribution < 1.29 is 27.4 Å². The fraction of sp³-hybridized carbons (Fsp3) is 0.136. The first kappa shape index (κ1) is 20.8. The highest BCUT2D eigenvalue weighted by Crippen LogP contribution is 2.38. The third-order valence-corrected chi connectivity index (χ3v) is 5.17. The maximum absolute atomic E-state index is 13.8. The SMILES string of the molecule is COc1cccc2oc(-c3c(CO)[nH]c4c(-c5ccccc5)c(C(F)(F)F)nn4c3=O)nc12. The first-order chi connectivity index (χ1) is 15.8. The Bertz CT molecular complexity index is 1550. The number of halogens is 3. The van der Waals surface area contributed by atoms with Gasteiger partial charge in [0.2, 0.25) is 5.89 Å². The van der Waals surface area contributed by atoms with Gasteiger partial charge in [-0.15, -0.1) is 0 Å². The normalized spacial score (nSPS) is 12.0. The number of hydrogen-bond donors (Lipinski definition) is 2. The number of fused-ring (bicyclic) bond motifs is 2. The largest absolute Gasteiger partial charge is 0.494 e. The Morgan fingerprint density at radius 2 is 1.88 bits per heavy atom. The van der Waals surface area contributed by atoms with Crippen LogP contribution in [0.25, 0.3) is 39.3 Å². The van der Waals surface area contributed by atoms with E-state index in [0.717, 1.165) is 0 Å². The molecule has 5 rings (SSSR count). The molecule has 3 aromatic heterocycles. The monoisotopic (exact) mass is 456 g/mol. The van der Waals surface area contributed by atoms with E-state index in [9.17, 15) is 23.1 Å².